The fourth-order valence-electron chi connectivity index (χ4n) is 1.21. The molecule has 0 amide bonds. The Bertz CT molecular complexity index is 510. The normalized spacial score (nSPS) is 10.1. The van der Waals surface area contributed by atoms with Crippen molar-refractivity contribution in [1.29, 1.82) is 0 Å². The quantitative estimate of drug-likeness (QED) is 0.606. The standard InChI is InChI=1S/C11H8O4S/c1-14-11(13)9-3-2-8(15-9)10(12)7-4-5-16-6-7/h2-6H,1H3. The van der Waals surface area contributed by atoms with Crippen molar-refractivity contribution in [3.05, 3.63) is 46.0 Å². The van der Waals surface area contributed by atoms with Crippen molar-refractivity contribution in [2.45, 2.75) is 0 Å². The van der Waals surface area contributed by atoms with Gasteiger partial charge >= 0.3 is 5.97 Å². The molecule has 2 heterocycles. The Morgan fingerprint density at radius 2 is 2.00 bits per heavy atom. The number of rotatable bonds is 3. The number of carbonyl (C=O) groups excluding carboxylic acids is 2. The van der Waals surface area contributed by atoms with E-state index in [1.165, 1.54) is 30.6 Å². The van der Waals surface area contributed by atoms with Gasteiger partial charge < -0.3 is 9.15 Å². The predicted octanol–water partition coefficient (Wildman–Crippen LogP) is 2.36. The van der Waals surface area contributed by atoms with Crippen LogP contribution in [-0.4, -0.2) is 18.9 Å². The minimum atomic E-state index is -0.593. The average molecular weight is 236 g/mol. The molecule has 0 N–H and O–H groups in total. The van der Waals surface area contributed by atoms with Gasteiger partial charge in [0.1, 0.15) is 0 Å². The number of ether oxygens (including phenoxy) is 1. The summed E-state index contributed by atoms with van der Waals surface area (Å²) in [4.78, 5) is 22.9. The third-order valence-electron chi connectivity index (χ3n) is 2.00. The fraction of sp³-hybridized carbons (Fsp3) is 0.0909. The molecule has 0 saturated heterocycles. The Balaban J connectivity index is 2.26. The molecule has 0 bridgehead atoms. The van der Waals surface area contributed by atoms with Gasteiger partial charge in [0, 0.05) is 10.9 Å². The summed E-state index contributed by atoms with van der Waals surface area (Å²) < 4.78 is 9.58. The van der Waals surface area contributed by atoms with Gasteiger partial charge in [-0.15, -0.1) is 0 Å². The first-order valence-electron chi connectivity index (χ1n) is 4.47. The number of esters is 1. The third-order valence-corrected chi connectivity index (χ3v) is 2.68. The lowest BCUT2D eigenvalue weighted by Gasteiger charge is -1.94. The van der Waals surface area contributed by atoms with Gasteiger partial charge in [0.25, 0.3) is 0 Å². The maximum Gasteiger partial charge on any atom is 0.373 e. The number of thiophene rings is 1. The second kappa shape index (κ2) is 4.32. The van der Waals surface area contributed by atoms with Crippen LogP contribution in [0, 0.1) is 0 Å². The third kappa shape index (κ3) is 1.90. The van der Waals surface area contributed by atoms with Crippen molar-refractivity contribution < 1.29 is 18.7 Å². The van der Waals surface area contributed by atoms with Gasteiger partial charge in [0.05, 0.1) is 7.11 Å². The molecule has 4 nitrogen and oxygen atoms in total. The van der Waals surface area contributed by atoms with Crippen molar-refractivity contribution in [2.75, 3.05) is 7.11 Å². The number of hydrogen-bond donors (Lipinski definition) is 0. The van der Waals surface area contributed by atoms with Gasteiger partial charge in [-0.2, -0.15) is 11.3 Å². The minimum Gasteiger partial charge on any atom is -0.463 e. The molecule has 0 spiro atoms. The summed E-state index contributed by atoms with van der Waals surface area (Å²) in [6.45, 7) is 0. The first-order valence-corrected chi connectivity index (χ1v) is 5.41. The average Bonchev–Trinajstić information content (AvgIpc) is 2.97. The van der Waals surface area contributed by atoms with Crippen molar-refractivity contribution >= 4 is 23.1 Å². The highest BCUT2D eigenvalue weighted by atomic mass is 32.1. The molecule has 0 aliphatic carbocycles. The lowest BCUT2D eigenvalue weighted by Crippen LogP contribution is -2.00. The smallest absolute Gasteiger partial charge is 0.373 e. The summed E-state index contributed by atoms with van der Waals surface area (Å²) in [5.74, 6) is -0.666. The molecule has 2 aromatic heterocycles. The molecule has 82 valence electrons. The Labute approximate surface area is 95.5 Å². The maximum atomic E-state index is 11.8. The van der Waals surface area contributed by atoms with Crippen LogP contribution in [0.3, 0.4) is 0 Å². The second-order valence-electron chi connectivity index (χ2n) is 3.00. The van der Waals surface area contributed by atoms with Gasteiger partial charge in [0.15, 0.2) is 5.76 Å². The van der Waals surface area contributed by atoms with E-state index in [4.69, 9.17) is 4.42 Å². The molecule has 0 aliphatic rings. The largest absolute Gasteiger partial charge is 0.463 e. The molecule has 0 radical (unpaired) electrons. The fourth-order valence-corrected chi connectivity index (χ4v) is 1.84. The van der Waals surface area contributed by atoms with Crippen LogP contribution in [0.5, 0.6) is 0 Å². The molecular weight excluding hydrogens is 228 g/mol. The van der Waals surface area contributed by atoms with E-state index in [0.29, 0.717) is 5.56 Å². The number of methoxy groups -OCH3 is 1. The summed E-state index contributed by atoms with van der Waals surface area (Å²) in [5, 5.41) is 3.53. The van der Waals surface area contributed by atoms with E-state index in [9.17, 15) is 9.59 Å². The van der Waals surface area contributed by atoms with E-state index in [1.807, 2.05) is 0 Å². The van der Waals surface area contributed by atoms with Crippen molar-refractivity contribution in [1.82, 2.24) is 0 Å². The molecule has 0 aliphatic heterocycles. The highest BCUT2D eigenvalue weighted by Crippen LogP contribution is 2.16. The number of carbonyl (C=O) groups is 2. The van der Waals surface area contributed by atoms with Crippen LogP contribution in [-0.2, 0) is 4.74 Å². The predicted molar refractivity (Wildman–Crippen MR) is 57.8 cm³/mol. The van der Waals surface area contributed by atoms with E-state index >= 15 is 0 Å². The van der Waals surface area contributed by atoms with E-state index in [1.54, 1.807) is 16.8 Å². The van der Waals surface area contributed by atoms with Crippen molar-refractivity contribution in [3.63, 3.8) is 0 Å². The summed E-state index contributed by atoms with van der Waals surface area (Å²) in [6.07, 6.45) is 0. The Hall–Kier alpha value is -1.88. The second-order valence-corrected chi connectivity index (χ2v) is 3.78. The molecule has 2 aromatic rings. The van der Waals surface area contributed by atoms with E-state index in [0.717, 1.165) is 0 Å². The summed E-state index contributed by atoms with van der Waals surface area (Å²) in [7, 11) is 1.26. The topological polar surface area (TPSA) is 56.5 Å². The van der Waals surface area contributed by atoms with Crippen LogP contribution in [0.2, 0.25) is 0 Å². The first kappa shape index (κ1) is 10.6. The first-order chi connectivity index (χ1) is 7.72. The summed E-state index contributed by atoms with van der Waals surface area (Å²) in [5.41, 5.74) is 0.552. The van der Waals surface area contributed by atoms with Crippen molar-refractivity contribution in [2.24, 2.45) is 0 Å². The molecule has 2 rings (SSSR count). The number of ketones is 1. The van der Waals surface area contributed by atoms with Gasteiger partial charge in [-0.25, -0.2) is 4.79 Å². The summed E-state index contributed by atoms with van der Waals surface area (Å²) >= 11 is 1.43. The van der Waals surface area contributed by atoms with Crippen LogP contribution in [0.1, 0.15) is 26.7 Å². The zero-order chi connectivity index (χ0) is 11.5. The zero-order valence-electron chi connectivity index (χ0n) is 8.43. The van der Waals surface area contributed by atoms with Gasteiger partial charge in [0.2, 0.25) is 11.5 Å². The molecule has 16 heavy (non-hydrogen) atoms. The van der Waals surface area contributed by atoms with Crippen LogP contribution >= 0.6 is 11.3 Å². The molecule has 0 saturated carbocycles. The van der Waals surface area contributed by atoms with Crippen LogP contribution in [0.25, 0.3) is 0 Å². The minimum absolute atomic E-state index is 0.0288. The molecule has 5 heteroatoms. The van der Waals surface area contributed by atoms with Crippen molar-refractivity contribution in [3.8, 4) is 0 Å². The SMILES string of the molecule is COC(=O)c1ccc(C(=O)c2ccsc2)o1. The van der Waals surface area contributed by atoms with E-state index in [-0.39, 0.29) is 17.3 Å². The Morgan fingerprint density at radius 1 is 1.25 bits per heavy atom. The van der Waals surface area contributed by atoms with Gasteiger partial charge in [-0.05, 0) is 23.6 Å². The highest BCUT2D eigenvalue weighted by molar-refractivity contribution is 7.08. The van der Waals surface area contributed by atoms with Crippen LogP contribution in [0.15, 0.2) is 33.4 Å². The maximum absolute atomic E-state index is 11.8. The molecular formula is C11H8O4S. The monoisotopic (exact) mass is 236 g/mol. The number of hydrogen-bond acceptors (Lipinski definition) is 5. The van der Waals surface area contributed by atoms with Gasteiger partial charge in [-0.1, -0.05) is 0 Å². The van der Waals surface area contributed by atoms with E-state index in [2.05, 4.69) is 4.74 Å². The van der Waals surface area contributed by atoms with Crippen LogP contribution in [0.4, 0.5) is 0 Å². The Morgan fingerprint density at radius 3 is 2.62 bits per heavy atom. The molecule has 0 atom stereocenters. The highest BCUT2D eigenvalue weighted by Gasteiger charge is 2.17. The van der Waals surface area contributed by atoms with Gasteiger partial charge in [-0.3, -0.25) is 4.79 Å². The molecule has 0 unspecified atom stereocenters. The summed E-state index contributed by atoms with van der Waals surface area (Å²) in [6, 6.07) is 4.59. The molecule has 0 aromatic carbocycles. The lowest BCUT2D eigenvalue weighted by molar-refractivity contribution is 0.0563. The molecule has 0 fully saturated rings. The number of furan rings is 1. The van der Waals surface area contributed by atoms with Crippen LogP contribution < -0.4 is 0 Å². The Kier molecular flexibility index (Phi) is 2.87. The van der Waals surface area contributed by atoms with E-state index < -0.39 is 5.97 Å². The lowest BCUT2D eigenvalue weighted by atomic mass is 10.2. The zero-order valence-corrected chi connectivity index (χ0v) is 9.24.